The molecule has 64 valence electrons. The Morgan fingerprint density at radius 3 is 2.77 bits per heavy atom. The zero-order valence-electron chi connectivity index (χ0n) is 6.75. The smallest absolute Gasteiger partial charge is 0.216 e. The van der Waals surface area contributed by atoms with E-state index in [1.165, 1.54) is 0 Å². The summed E-state index contributed by atoms with van der Waals surface area (Å²) in [5.74, 6) is 0.337. The van der Waals surface area contributed by atoms with Crippen LogP contribution in [0.3, 0.4) is 0 Å². The van der Waals surface area contributed by atoms with E-state index in [-0.39, 0.29) is 0 Å². The van der Waals surface area contributed by atoms with Crippen LogP contribution in [0.2, 0.25) is 0 Å². The summed E-state index contributed by atoms with van der Waals surface area (Å²) in [6, 6.07) is 9.73. The predicted molar refractivity (Wildman–Crippen MR) is 47.9 cm³/mol. The van der Waals surface area contributed by atoms with Crippen molar-refractivity contribution in [2.75, 3.05) is 0 Å². The van der Waals surface area contributed by atoms with Crippen LogP contribution in [-0.2, 0) is 0 Å². The number of hydrogen-bond donors (Lipinski definition) is 1. The molecule has 1 aromatic heterocycles. The van der Waals surface area contributed by atoms with E-state index in [0.29, 0.717) is 5.95 Å². The van der Waals surface area contributed by atoms with Crippen LogP contribution in [0, 0.1) is 0 Å². The fourth-order valence-corrected chi connectivity index (χ4v) is 0.883. The molecule has 2 rings (SSSR count). The summed E-state index contributed by atoms with van der Waals surface area (Å²) in [4.78, 5) is 4.00. The van der Waals surface area contributed by atoms with Gasteiger partial charge >= 0.3 is 0 Å². The molecule has 0 aliphatic heterocycles. The van der Waals surface area contributed by atoms with E-state index >= 15 is 0 Å². The van der Waals surface area contributed by atoms with Crippen molar-refractivity contribution in [3.8, 4) is 0 Å². The molecule has 0 saturated carbocycles. The molecule has 2 aromatic rings. The second-order valence-corrected chi connectivity index (χ2v) is 2.38. The van der Waals surface area contributed by atoms with Crippen LogP contribution in [0.4, 0.5) is 5.95 Å². The third-order valence-electron chi connectivity index (χ3n) is 1.46. The van der Waals surface area contributed by atoms with E-state index < -0.39 is 0 Å². The Morgan fingerprint density at radius 1 is 1.23 bits per heavy atom. The lowest BCUT2D eigenvalue weighted by atomic mass is 10.2. The SMILES string of the molecule is C(=Nc1nn[nH]n1)c1ccccc1. The van der Waals surface area contributed by atoms with Crippen LogP contribution in [0.5, 0.6) is 0 Å². The normalized spacial score (nSPS) is 10.8. The van der Waals surface area contributed by atoms with E-state index in [1.54, 1.807) is 6.21 Å². The first-order valence-corrected chi connectivity index (χ1v) is 3.78. The van der Waals surface area contributed by atoms with Gasteiger partial charge in [0.2, 0.25) is 0 Å². The lowest BCUT2D eigenvalue weighted by Gasteiger charge is -1.87. The first-order chi connectivity index (χ1) is 6.45. The van der Waals surface area contributed by atoms with Crippen LogP contribution in [0.1, 0.15) is 5.56 Å². The lowest BCUT2D eigenvalue weighted by molar-refractivity contribution is 0.881. The Bertz CT molecular complexity index is 378. The molecule has 1 heterocycles. The van der Waals surface area contributed by atoms with Gasteiger partial charge in [0, 0.05) is 6.21 Å². The molecule has 5 heteroatoms. The van der Waals surface area contributed by atoms with Crippen molar-refractivity contribution in [2.45, 2.75) is 0 Å². The highest BCUT2D eigenvalue weighted by molar-refractivity contribution is 5.80. The topological polar surface area (TPSA) is 66.8 Å². The van der Waals surface area contributed by atoms with Crippen LogP contribution < -0.4 is 0 Å². The molecule has 1 aromatic carbocycles. The molecular formula is C8H7N5. The van der Waals surface area contributed by atoms with E-state index in [2.05, 4.69) is 25.6 Å². The molecule has 0 aliphatic carbocycles. The van der Waals surface area contributed by atoms with Crippen molar-refractivity contribution in [3.05, 3.63) is 35.9 Å². The highest BCUT2D eigenvalue weighted by Crippen LogP contribution is 1.99. The average Bonchev–Trinajstić information content (AvgIpc) is 2.69. The summed E-state index contributed by atoms with van der Waals surface area (Å²) in [7, 11) is 0. The van der Waals surface area contributed by atoms with E-state index in [4.69, 9.17) is 0 Å². The fourth-order valence-electron chi connectivity index (χ4n) is 0.883. The Hall–Kier alpha value is -2.04. The molecule has 0 aliphatic rings. The van der Waals surface area contributed by atoms with Gasteiger partial charge < -0.3 is 0 Å². The monoisotopic (exact) mass is 173 g/mol. The molecule has 0 unspecified atom stereocenters. The molecule has 0 radical (unpaired) electrons. The Morgan fingerprint density at radius 2 is 2.08 bits per heavy atom. The van der Waals surface area contributed by atoms with Gasteiger partial charge in [-0.15, -0.1) is 5.10 Å². The van der Waals surface area contributed by atoms with Gasteiger partial charge in [0.05, 0.1) is 0 Å². The largest absolute Gasteiger partial charge is 0.288 e. The number of tetrazole rings is 1. The van der Waals surface area contributed by atoms with Crippen LogP contribution in [-0.4, -0.2) is 26.8 Å². The Kier molecular flexibility index (Phi) is 2.09. The minimum atomic E-state index is 0.337. The molecule has 13 heavy (non-hydrogen) atoms. The number of aromatic nitrogens is 4. The van der Waals surface area contributed by atoms with Crippen LogP contribution >= 0.6 is 0 Å². The van der Waals surface area contributed by atoms with Gasteiger partial charge in [-0.1, -0.05) is 35.4 Å². The summed E-state index contributed by atoms with van der Waals surface area (Å²) in [6.07, 6.45) is 1.69. The quantitative estimate of drug-likeness (QED) is 0.687. The van der Waals surface area contributed by atoms with E-state index in [1.807, 2.05) is 30.3 Å². The average molecular weight is 173 g/mol. The number of nitrogens with zero attached hydrogens (tertiary/aromatic N) is 4. The molecule has 0 saturated heterocycles. The summed E-state index contributed by atoms with van der Waals surface area (Å²) < 4.78 is 0. The van der Waals surface area contributed by atoms with Crippen molar-refractivity contribution in [3.63, 3.8) is 0 Å². The number of nitrogens with one attached hydrogen (secondary N) is 1. The third kappa shape index (κ3) is 1.96. The molecule has 5 nitrogen and oxygen atoms in total. The van der Waals surface area contributed by atoms with Crippen molar-refractivity contribution in [1.29, 1.82) is 0 Å². The molecule has 0 amide bonds. The molecule has 0 fully saturated rings. The first-order valence-electron chi connectivity index (χ1n) is 3.78. The van der Waals surface area contributed by atoms with E-state index in [0.717, 1.165) is 5.56 Å². The van der Waals surface area contributed by atoms with Gasteiger partial charge in [-0.25, -0.2) is 4.99 Å². The van der Waals surface area contributed by atoms with Crippen LogP contribution in [0.25, 0.3) is 0 Å². The maximum Gasteiger partial charge on any atom is 0.288 e. The van der Waals surface area contributed by atoms with Crippen LogP contribution in [0.15, 0.2) is 35.3 Å². The summed E-state index contributed by atoms with van der Waals surface area (Å²) in [5, 5.41) is 13.1. The van der Waals surface area contributed by atoms with Gasteiger partial charge in [-0.3, -0.25) is 0 Å². The van der Waals surface area contributed by atoms with Crippen molar-refractivity contribution in [1.82, 2.24) is 20.6 Å². The zero-order chi connectivity index (χ0) is 8.93. The number of aromatic amines is 1. The summed E-state index contributed by atoms with van der Waals surface area (Å²) in [6.45, 7) is 0. The maximum atomic E-state index is 4.00. The number of H-pyrrole nitrogens is 1. The van der Waals surface area contributed by atoms with E-state index in [9.17, 15) is 0 Å². The molecule has 1 N–H and O–H groups in total. The van der Waals surface area contributed by atoms with Crippen molar-refractivity contribution in [2.24, 2.45) is 4.99 Å². The van der Waals surface area contributed by atoms with Gasteiger partial charge in [0.1, 0.15) is 0 Å². The Balaban J connectivity index is 2.15. The number of rotatable bonds is 2. The first kappa shape index (κ1) is 7.60. The number of benzene rings is 1. The lowest BCUT2D eigenvalue weighted by Crippen LogP contribution is -1.78. The van der Waals surface area contributed by atoms with Crippen molar-refractivity contribution >= 4 is 12.2 Å². The maximum absolute atomic E-state index is 4.00. The zero-order valence-corrected chi connectivity index (χ0v) is 6.75. The standard InChI is InChI=1S/C8H7N5/c1-2-4-7(5-3-1)6-9-8-10-12-13-11-8/h1-6H,(H,10,11,12,13). The molecular weight excluding hydrogens is 166 g/mol. The second-order valence-electron chi connectivity index (χ2n) is 2.38. The third-order valence-corrected chi connectivity index (χ3v) is 1.46. The number of hydrogen-bond acceptors (Lipinski definition) is 4. The molecule has 0 spiro atoms. The summed E-state index contributed by atoms with van der Waals surface area (Å²) >= 11 is 0. The molecule has 0 atom stereocenters. The summed E-state index contributed by atoms with van der Waals surface area (Å²) in [5.41, 5.74) is 1.01. The Labute approximate surface area is 74.5 Å². The van der Waals surface area contributed by atoms with Gasteiger partial charge in [0.15, 0.2) is 0 Å². The molecule has 0 bridgehead atoms. The highest BCUT2D eigenvalue weighted by Gasteiger charge is 1.90. The predicted octanol–water partition coefficient (Wildman–Crippen LogP) is 0.950. The fraction of sp³-hybridized carbons (Fsp3) is 0. The second kappa shape index (κ2) is 3.57. The van der Waals surface area contributed by atoms with Crippen molar-refractivity contribution < 1.29 is 0 Å². The number of aliphatic imine (C=N–C) groups is 1. The van der Waals surface area contributed by atoms with Gasteiger partial charge in [-0.05, 0) is 10.8 Å². The van der Waals surface area contributed by atoms with Gasteiger partial charge in [-0.2, -0.15) is 5.21 Å². The minimum Gasteiger partial charge on any atom is -0.216 e. The van der Waals surface area contributed by atoms with Gasteiger partial charge in [0.25, 0.3) is 5.95 Å². The minimum absolute atomic E-state index is 0.337. The highest BCUT2D eigenvalue weighted by atomic mass is 15.5.